The lowest BCUT2D eigenvalue weighted by atomic mass is 10.1. The highest BCUT2D eigenvalue weighted by Crippen LogP contribution is 2.15. The first-order chi connectivity index (χ1) is 5.24. The van der Waals surface area contributed by atoms with Gasteiger partial charge >= 0.3 is 0 Å². The van der Waals surface area contributed by atoms with Crippen LogP contribution in [0.1, 0.15) is 17.3 Å². The highest BCUT2D eigenvalue weighted by molar-refractivity contribution is 5.23. The van der Waals surface area contributed by atoms with Crippen molar-refractivity contribution in [3.05, 3.63) is 35.4 Å². The van der Waals surface area contributed by atoms with Crippen LogP contribution in [0.2, 0.25) is 0 Å². The van der Waals surface area contributed by atoms with Gasteiger partial charge in [-0.2, -0.15) is 0 Å². The summed E-state index contributed by atoms with van der Waals surface area (Å²) in [4.78, 5) is 0. The van der Waals surface area contributed by atoms with E-state index in [0.29, 0.717) is 5.56 Å². The number of hydrogen-bond acceptors (Lipinski definition) is 1. The largest absolute Gasteiger partial charge is 0.327 e. The van der Waals surface area contributed by atoms with E-state index in [4.69, 9.17) is 5.73 Å². The standard InChI is InChI=1S/C9H12FN/c1-7-2-4-8(5-3-7)9(10)6-11/h2-5,9H,6,11H2,1H3/t9-/m1/s1. The molecule has 1 aromatic rings. The molecule has 0 saturated carbocycles. The van der Waals surface area contributed by atoms with Gasteiger partial charge in [0.1, 0.15) is 6.17 Å². The van der Waals surface area contributed by atoms with E-state index in [-0.39, 0.29) is 6.54 Å². The third kappa shape index (κ3) is 2.02. The summed E-state index contributed by atoms with van der Waals surface area (Å²) in [6.07, 6.45) is -1.02. The lowest BCUT2D eigenvalue weighted by molar-refractivity contribution is 0.353. The first kappa shape index (κ1) is 8.21. The van der Waals surface area contributed by atoms with Crippen LogP contribution in [-0.2, 0) is 0 Å². The Labute approximate surface area is 66.0 Å². The number of hydrogen-bond donors (Lipinski definition) is 1. The van der Waals surface area contributed by atoms with Gasteiger partial charge in [0.2, 0.25) is 0 Å². The minimum atomic E-state index is -1.02. The molecule has 1 aromatic carbocycles. The molecule has 0 radical (unpaired) electrons. The zero-order valence-corrected chi connectivity index (χ0v) is 6.55. The predicted octanol–water partition coefficient (Wildman–Crippen LogP) is 1.96. The maximum atomic E-state index is 12.9. The van der Waals surface area contributed by atoms with Crippen molar-refractivity contribution in [3.63, 3.8) is 0 Å². The summed E-state index contributed by atoms with van der Waals surface area (Å²) in [7, 11) is 0. The fourth-order valence-electron chi connectivity index (χ4n) is 0.911. The quantitative estimate of drug-likeness (QED) is 0.690. The minimum absolute atomic E-state index is 0.0586. The number of nitrogens with two attached hydrogens (primary N) is 1. The predicted molar refractivity (Wildman–Crippen MR) is 44.1 cm³/mol. The number of aryl methyl sites for hydroxylation is 1. The highest BCUT2D eigenvalue weighted by Gasteiger charge is 2.04. The molecule has 0 spiro atoms. The molecule has 60 valence electrons. The molecule has 0 aliphatic carbocycles. The van der Waals surface area contributed by atoms with Crippen molar-refractivity contribution in [2.24, 2.45) is 5.73 Å². The fraction of sp³-hybridized carbons (Fsp3) is 0.333. The van der Waals surface area contributed by atoms with Crippen LogP contribution in [0.5, 0.6) is 0 Å². The van der Waals surface area contributed by atoms with E-state index in [0.717, 1.165) is 5.56 Å². The second-order valence-electron chi connectivity index (χ2n) is 2.61. The zero-order chi connectivity index (χ0) is 8.27. The van der Waals surface area contributed by atoms with Gasteiger partial charge in [-0.1, -0.05) is 29.8 Å². The Morgan fingerprint density at radius 1 is 1.36 bits per heavy atom. The van der Waals surface area contributed by atoms with Crippen LogP contribution in [0.15, 0.2) is 24.3 Å². The minimum Gasteiger partial charge on any atom is -0.327 e. The summed E-state index contributed by atoms with van der Waals surface area (Å²) in [5, 5.41) is 0. The molecule has 0 fully saturated rings. The van der Waals surface area contributed by atoms with E-state index >= 15 is 0 Å². The summed E-state index contributed by atoms with van der Waals surface area (Å²) in [6, 6.07) is 7.31. The Morgan fingerprint density at radius 2 is 1.91 bits per heavy atom. The summed E-state index contributed by atoms with van der Waals surface area (Å²) in [5.41, 5.74) is 6.97. The fourth-order valence-corrected chi connectivity index (χ4v) is 0.911. The van der Waals surface area contributed by atoms with Crippen molar-refractivity contribution in [1.29, 1.82) is 0 Å². The van der Waals surface area contributed by atoms with E-state index in [1.54, 1.807) is 12.1 Å². The molecule has 1 atom stereocenters. The van der Waals surface area contributed by atoms with Gasteiger partial charge in [-0.05, 0) is 12.5 Å². The van der Waals surface area contributed by atoms with Crippen LogP contribution in [0.25, 0.3) is 0 Å². The molecular formula is C9H12FN. The van der Waals surface area contributed by atoms with Crippen LogP contribution >= 0.6 is 0 Å². The third-order valence-corrected chi connectivity index (χ3v) is 1.65. The molecular weight excluding hydrogens is 141 g/mol. The number of halogens is 1. The molecule has 0 saturated heterocycles. The Balaban J connectivity index is 2.81. The monoisotopic (exact) mass is 153 g/mol. The van der Waals surface area contributed by atoms with Gasteiger partial charge in [-0.15, -0.1) is 0 Å². The van der Waals surface area contributed by atoms with Crippen LogP contribution in [0.3, 0.4) is 0 Å². The molecule has 2 N–H and O–H groups in total. The van der Waals surface area contributed by atoms with Gasteiger partial charge in [0.25, 0.3) is 0 Å². The van der Waals surface area contributed by atoms with Crippen LogP contribution in [-0.4, -0.2) is 6.54 Å². The Hall–Kier alpha value is -0.890. The summed E-state index contributed by atoms with van der Waals surface area (Å²) in [6.45, 7) is 2.03. The molecule has 1 nitrogen and oxygen atoms in total. The summed E-state index contributed by atoms with van der Waals surface area (Å²) < 4.78 is 12.9. The van der Waals surface area contributed by atoms with Crippen molar-refractivity contribution < 1.29 is 4.39 Å². The van der Waals surface area contributed by atoms with Gasteiger partial charge in [-0.25, -0.2) is 4.39 Å². The van der Waals surface area contributed by atoms with E-state index in [1.165, 1.54) is 0 Å². The molecule has 11 heavy (non-hydrogen) atoms. The topological polar surface area (TPSA) is 26.0 Å². The van der Waals surface area contributed by atoms with Gasteiger partial charge in [0, 0.05) is 6.54 Å². The molecule has 0 amide bonds. The van der Waals surface area contributed by atoms with Gasteiger partial charge in [0.05, 0.1) is 0 Å². The van der Waals surface area contributed by atoms with Crippen molar-refractivity contribution in [1.82, 2.24) is 0 Å². The van der Waals surface area contributed by atoms with E-state index < -0.39 is 6.17 Å². The van der Waals surface area contributed by atoms with E-state index in [1.807, 2.05) is 19.1 Å². The Kier molecular flexibility index (Phi) is 2.60. The van der Waals surface area contributed by atoms with Crippen LogP contribution in [0, 0.1) is 6.92 Å². The highest BCUT2D eigenvalue weighted by atomic mass is 19.1. The Bertz CT molecular complexity index is 218. The SMILES string of the molecule is Cc1ccc([C@H](F)CN)cc1. The van der Waals surface area contributed by atoms with Crippen LogP contribution < -0.4 is 5.73 Å². The molecule has 0 aromatic heterocycles. The van der Waals surface area contributed by atoms with Gasteiger partial charge < -0.3 is 5.73 Å². The summed E-state index contributed by atoms with van der Waals surface area (Å²) >= 11 is 0. The first-order valence-electron chi connectivity index (χ1n) is 3.64. The average molecular weight is 153 g/mol. The van der Waals surface area contributed by atoms with Crippen LogP contribution in [0.4, 0.5) is 4.39 Å². The molecule has 0 bridgehead atoms. The normalized spacial score (nSPS) is 13.0. The van der Waals surface area contributed by atoms with E-state index in [9.17, 15) is 4.39 Å². The molecule has 1 rings (SSSR count). The number of rotatable bonds is 2. The maximum Gasteiger partial charge on any atom is 0.137 e. The van der Waals surface area contributed by atoms with Crippen molar-refractivity contribution in [2.75, 3.05) is 6.54 Å². The number of alkyl halides is 1. The van der Waals surface area contributed by atoms with Crippen molar-refractivity contribution in [3.8, 4) is 0 Å². The average Bonchev–Trinajstić information content (AvgIpc) is 2.05. The molecule has 0 aliphatic rings. The first-order valence-corrected chi connectivity index (χ1v) is 3.64. The summed E-state index contributed by atoms with van der Waals surface area (Å²) in [5.74, 6) is 0. The van der Waals surface area contributed by atoms with Crippen molar-refractivity contribution >= 4 is 0 Å². The van der Waals surface area contributed by atoms with Gasteiger partial charge in [-0.3, -0.25) is 0 Å². The molecule has 0 heterocycles. The molecule has 2 heteroatoms. The van der Waals surface area contributed by atoms with Gasteiger partial charge in [0.15, 0.2) is 0 Å². The maximum absolute atomic E-state index is 12.9. The third-order valence-electron chi connectivity index (χ3n) is 1.65. The second-order valence-corrected chi connectivity index (χ2v) is 2.61. The zero-order valence-electron chi connectivity index (χ0n) is 6.55. The van der Waals surface area contributed by atoms with E-state index in [2.05, 4.69) is 0 Å². The number of benzene rings is 1. The lowest BCUT2D eigenvalue weighted by Crippen LogP contribution is -2.07. The smallest absolute Gasteiger partial charge is 0.137 e. The molecule has 0 unspecified atom stereocenters. The lowest BCUT2D eigenvalue weighted by Gasteiger charge is -2.04. The Morgan fingerprint density at radius 3 is 2.36 bits per heavy atom. The molecule has 0 aliphatic heterocycles. The van der Waals surface area contributed by atoms with Crippen molar-refractivity contribution in [2.45, 2.75) is 13.1 Å². The second kappa shape index (κ2) is 3.49.